The molecule has 3 heterocycles. The molecule has 2 aliphatic heterocycles. The van der Waals surface area contributed by atoms with Gasteiger partial charge in [0.05, 0.1) is 5.69 Å². The average molecular weight is 597 g/mol. The first-order valence-corrected chi connectivity index (χ1v) is 13.4. The molecule has 0 saturated carbocycles. The van der Waals surface area contributed by atoms with E-state index in [4.69, 9.17) is 21.5 Å². The molecule has 8 nitrogen and oxygen atoms in total. The SMILES string of the molecule is O=C(O)C(F)(F)F.O=C(O)N1CCC(N2CC[C@@H](c3cc(-c4ccc(Cl)cc4)n[nH]3)[C@H](c3ccc(F)cc3)C2)CC1. The van der Waals surface area contributed by atoms with Gasteiger partial charge in [-0.15, -0.1) is 0 Å². The van der Waals surface area contributed by atoms with Crippen LogP contribution in [0.5, 0.6) is 0 Å². The van der Waals surface area contributed by atoms with E-state index < -0.39 is 18.2 Å². The number of nitrogens with zero attached hydrogens (tertiary/aromatic N) is 3. The maximum Gasteiger partial charge on any atom is 0.490 e. The molecule has 13 heteroatoms. The molecule has 1 amide bonds. The summed E-state index contributed by atoms with van der Waals surface area (Å²) < 4.78 is 45.4. The third-order valence-electron chi connectivity index (χ3n) is 7.57. The molecule has 0 radical (unpaired) electrons. The second-order valence-electron chi connectivity index (χ2n) is 10.1. The smallest absolute Gasteiger partial charge is 0.475 e. The predicted octanol–water partition coefficient (Wildman–Crippen LogP) is 6.22. The summed E-state index contributed by atoms with van der Waals surface area (Å²) in [5.41, 5.74) is 4.09. The Morgan fingerprint density at radius 1 is 0.927 bits per heavy atom. The number of amides is 1. The minimum absolute atomic E-state index is 0.186. The van der Waals surface area contributed by atoms with Crippen LogP contribution in [0.15, 0.2) is 54.6 Å². The van der Waals surface area contributed by atoms with E-state index in [2.05, 4.69) is 21.2 Å². The van der Waals surface area contributed by atoms with Crippen LogP contribution in [0, 0.1) is 5.82 Å². The van der Waals surface area contributed by atoms with Crippen LogP contribution < -0.4 is 0 Å². The molecule has 3 aromatic rings. The van der Waals surface area contributed by atoms with Crippen molar-refractivity contribution in [3.8, 4) is 11.3 Å². The Bertz CT molecular complexity index is 1330. The van der Waals surface area contributed by atoms with Crippen LogP contribution in [0.25, 0.3) is 11.3 Å². The number of hydrogen-bond donors (Lipinski definition) is 3. The van der Waals surface area contributed by atoms with Crippen LogP contribution >= 0.6 is 11.6 Å². The molecule has 0 unspecified atom stereocenters. The van der Waals surface area contributed by atoms with Crippen molar-refractivity contribution in [1.82, 2.24) is 20.0 Å². The minimum Gasteiger partial charge on any atom is -0.475 e. The molecular formula is C28H29ClF4N4O4. The summed E-state index contributed by atoms with van der Waals surface area (Å²) in [7, 11) is 0. The summed E-state index contributed by atoms with van der Waals surface area (Å²) in [5, 5.41) is 24.9. The second kappa shape index (κ2) is 12.9. The molecule has 2 atom stereocenters. The van der Waals surface area contributed by atoms with E-state index >= 15 is 0 Å². The first-order chi connectivity index (χ1) is 19.4. The standard InChI is InChI=1S/C26H28ClFN4O2.C2HF3O2/c27-19-5-1-18(2-6-19)24-15-25(30-29-24)22-11-14-32(21-9-12-31(13-10-21)26(33)34)16-23(22)17-3-7-20(28)8-4-17;3-2(4,5)1(6)7/h1-8,15,21-23H,9-14,16H2,(H,29,30)(H,33,34);(H,6,7)/t22-,23+;/m1./s1. The Hall–Kier alpha value is -3.64. The van der Waals surface area contributed by atoms with Crippen LogP contribution in [0.1, 0.15) is 42.4 Å². The Kier molecular flexibility index (Phi) is 9.54. The number of piperidine rings is 2. The van der Waals surface area contributed by atoms with E-state index in [1.165, 1.54) is 17.0 Å². The number of aromatic amines is 1. The lowest BCUT2D eigenvalue weighted by Crippen LogP contribution is -2.50. The van der Waals surface area contributed by atoms with Crippen molar-refractivity contribution in [3.63, 3.8) is 0 Å². The molecule has 1 aromatic heterocycles. The fourth-order valence-electron chi connectivity index (χ4n) is 5.45. The Morgan fingerprint density at radius 2 is 1.54 bits per heavy atom. The van der Waals surface area contributed by atoms with Gasteiger partial charge in [-0.3, -0.25) is 10.00 Å². The molecule has 220 valence electrons. The van der Waals surface area contributed by atoms with Gasteiger partial charge in [-0.05, 0) is 61.7 Å². The highest BCUT2D eigenvalue weighted by Gasteiger charge is 2.38. The van der Waals surface area contributed by atoms with Crippen LogP contribution in [0.3, 0.4) is 0 Å². The van der Waals surface area contributed by atoms with Crippen molar-refractivity contribution in [1.29, 1.82) is 0 Å². The number of aliphatic carboxylic acids is 1. The Balaban J connectivity index is 0.000000493. The number of H-pyrrole nitrogens is 1. The summed E-state index contributed by atoms with van der Waals surface area (Å²) in [4.78, 5) is 24.2. The number of nitrogens with one attached hydrogen (secondary N) is 1. The number of hydrogen-bond acceptors (Lipinski definition) is 4. The molecule has 5 rings (SSSR count). The number of carbonyl (C=O) groups is 2. The molecule has 41 heavy (non-hydrogen) atoms. The summed E-state index contributed by atoms with van der Waals surface area (Å²) >= 11 is 6.03. The number of halogens is 5. The van der Waals surface area contributed by atoms with E-state index in [0.717, 1.165) is 54.9 Å². The number of benzene rings is 2. The molecule has 0 spiro atoms. The number of likely N-dealkylation sites (tertiary alicyclic amines) is 2. The van der Waals surface area contributed by atoms with E-state index in [-0.39, 0.29) is 17.7 Å². The van der Waals surface area contributed by atoms with Gasteiger partial charge >= 0.3 is 18.2 Å². The molecule has 3 N–H and O–H groups in total. The van der Waals surface area contributed by atoms with E-state index in [9.17, 15) is 27.5 Å². The van der Waals surface area contributed by atoms with Crippen molar-refractivity contribution in [2.45, 2.75) is 43.3 Å². The van der Waals surface area contributed by atoms with Crippen molar-refractivity contribution in [2.24, 2.45) is 0 Å². The van der Waals surface area contributed by atoms with Crippen LogP contribution in [-0.4, -0.2) is 80.7 Å². The van der Waals surface area contributed by atoms with Gasteiger partial charge < -0.3 is 15.1 Å². The van der Waals surface area contributed by atoms with E-state index in [1.54, 1.807) is 0 Å². The maximum absolute atomic E-state index is 13.7. The monoisotopic (exact) mass is 596 g/mol. The van der Waals surface area contributed by atoms with Crippen molar-refractivity contribution < 1.29 is 37.4 Å². The minimum atomic E-state index is -5.08. The first kappa shape index (κ1) is 30.3. The number of aromatic nitrogens is 2. The Morgan fingerprint density at radius 3 is 2.10 bits per heavy atom. The summed E-state index contributed by atoms with van der Waals surface area (Å²) in [5.74, 6) is -2.58. The lowest BCUT2D eigenvalue weighted by molar-refractivity contribution is -0.192. The van der Waals surface area contributed by atoms with Gasteiger partial charge in [0.25, 0.3) is 0 Å². The predicted molar refractivity (Wildman–Crippen MR) is 143 cm³/mol. The number of carboxylic acids is 1. The summed E-state index contributed by atoms with van der Waals surface area (Å²) in [6.45, 7) is 2.94. The van der Waals surface area contributed by atoms with Crippen molar-refractivity contribution in [3.05, 3.63) is 76.7 Å². The Labute approximate surface area is 238 Å². The zero-order valence-electron chi connectivity index (χ0n) is 21.8. The average Bonchev–Trinajstić information content (AvgIpc) is 3.44. The largest absolute Gasteiger partial charge is 0.490 e. The zero-order chi connectivity index (χ0) is 29.7. The fraction of sp³-hybridized carbons (Fsp3) is 0.393. The quantitative estimate of drug-likeness (QED) is 0.309. The summed E-state index contributed by atoms with van der Waals surface area (Å²) in [6.07, 6.45) is -3.28. The summed E-state index contributed by atoms with van der Waals surface area (Å²) in [6, 6.07) is 17.0. The third kappa shape index (κ3) is 7.76. The highest BCUT2D eigenvalue weighted by molar-refractivity contribution is 6.30. The van der Waals surface area contributed by atoms with Crippen LogP contribution in [-0.2, 0) is 4.79 Å². The molecule has 2 saturated heterocycles. The van der Waals surface area contributed by atoms with Gasteiger partial charge in [0, 0.05) is 53.8 Å². The van der Waals surface area contributed by atoms with Gasteiger partial charge in [-0.25, -0.2) is 14.0 Å². The molecule has 2 fully saturated rings. The van der Waals surface area contributed by atoms with Gasteiger partial charge in [-0.1, -0.05) is 35.9 Å². The topological polar surface area (TPSA) is 110 Å². The highest BCUT2D eigenvalue weighted by Crippen LogP contribution is 2.41. The molecular weight excluding hydrogens is 568 g/mol. The first-order valence-electron chi connectivity index (χ1n) is 13.0. The highest BCUT2D eigenvalue weighted by atomic mass is 35.5. The van der Waals surface area contributed by atoms with Crippen LogP contribution in [0.2, 0.25) is 5.02 Å². The van der Waals surface area contributed by atoms with Gasteiger partial charge in [0.15, 0.2) is 0 Å². The molecule has 2 aromatic carbocycles. The van der Waals surface area contributed by atoms with Crippen molar-refractivity contribution >= 4 is 23.7 Å². The molecule has 2 aliphatic rings. The van der Waals surface area contributed by atoms with E-state index in [0.29, 0.717) is 24.2 Å². The normalized spacial score (nSPS) is 20.3. The third-order valence-corrected chi connectivity index (χ3v) is 7.83. The van der Waals surface area contributed by atoms with Crippen molar-refractivity contribution in [2.75, 3.05) is 26.2 Å². The van der Waals surface area contributed by atoms with Crippen LogP contribution in [0.4, 0.5) is 22.4 Å². The zero-order valence-corrected chi connectivity index (χ0v) is 22.6. The van der Waals surface area contributed by atoms with E-state index in [1.807, 2.05) is 36.4 Å². The lowest BCUT2D eigenvalue weighted by Gasteiger charge is -2.44. The number of alkyl halides is 3. The van der Waals surface area contributed by atoms with Gasteiger partial charge in [0.1, 0.15) is 5.82 Å². The fourth-order valence-corrected chi connectivity index (χ4v) is 5.57. The lowest BCUT2D eigenvalue weighted by atomic mass is 9.78. The van der Waals surface area contributed by atoms with Gasteiger partial charge in [-0.2, -0.15) is 18.3 Å². The van der Waals surface area contributed by atoms with Gasteiger partial charge in [0.2, 0.25) is 0 Å². The number of carboxylic acid groups (broad SMARTS) is 2. The number of rotatable bonds is 4. The maximum atomic E-state index is 13.7. The molecule has 0 bridgehead atoms. The second-order valence-corrected chi connectivity index (χ2v) is 10.5. The molecule has 0 aliphatic carbocycles.